The van der Waals surface area contributed by atoms with Crippen molar-refractivity contribution in [3.63, 3.8) is 0 Å². The third kappa shape index (κ3) is 5.06. The SMILES string of the molecule is CC(C)CC(CN)C(=O)N(CCC#N)Cc1ccco1. The summed E-state index contributed by atoms with van der Waals surface area (Å²) in [7, 11) is 0. The molecular weight excluding hydrogens is 254 g/mol. The first-order chi connectivity index (χ1) is 9.58. The summed E-state index contributed by atoms with van der Waals surface area (Å²) < 4.78 is 5.28. The summed E-state index contributed by atoms with van der Waals surface area (Å²) in [5.41, 5.74) is 5.73. The minimum absolute atomic E-state index is 0.00727. The van der Waals surface area contributed by atoms with Gasteiger partial charge in [0.15, 0.2) is 0 Å². The molecule has 0 aromatic carbocycles. The molecule has 1 heterocycles. The van der Waals surface area contributed by atoms with E-state index in [1.54, 1.807) is 17.2 Å². The molecule has 1 atom stereocenters. The molecule has 1 aromatic rings. The average molecular weight is 277 g/mol. The van der Waals surface area contributed by atoms with E-state index in [9.17, 15) is 4.79 Å². The minimum Gasteiger partial charge on any atom is -0.467 e. The second kappa shape index (κ2) is 8.39. The second-order valence-electron chi connectivity index (χ2n) is 5.31. The van der Waals surface area contributed by atoms with E-state index in [0.29, 0.717) is 32.0 Å². The monoisotopic (exact) mass is 277 g/mol. The van der Waals surface area contributed by atoms with Crippen LogP contribution in [0.15, 0.2) is 22.8 Å². The third-order valence-corrected chi connectivity index (χ3v) is 3.12. The normalized spacial score (nSPS) is 12.2. The number of carbonyl (C=O) groups is 1. The number of carbonyl (C=O) groups excluding carboxylic acids is 1. The first-order valence-electron chi connectivity index (χ1n) is 6.96. The van der Waals surface area contributed by atoms with E-state index in [1.165, 1.54) is 0 Å². The van der Waals surface area contributed by atoms with Crippen molar-refractivity contribution in [2.24, 2.45) is 17.6 Å². The molecule has 0 aliphatic heterocycles. The van der Waals surface area contributed by atoms with Crippen molar-refractivity contribution in [3.05, 3.63) is 24.2 Å². The van der Waals surface area contributed by atoms with Crippen molar-refractivity contribution in [2.75, 3.05) is 13.1 Å². The Morgan fingerprint density at radius 3 is 2.80 bits per heavy atom. The van der Waals surface area contributed by atoms with Gasteiger partial charge in [0.05, 0.1) is 31.2 Å². The Bertz CT molecular complexity index is 434. The Balaban J connectivity index is 2.74. The van der Waals surface area contributed by atoms with Crippen LogP contribution in [0.3, 0.4) is 0 Å². The summed E-state index contributed by atoms with van der Waals surface area (Å²) in [5.74, 6) is 0.946. The van der Waals surface area contributed by atoms with Gasteiger partial charge in [0.1, 0.15) is 5.76 Å². The van der Waals surface area contributed by atoms with Crippen molar-refractivity contribution >= 4 is 5.91 Å². The molecule has 0 saturated carbocycles. The zero-order valence-electron chi connectivity index (χ0n) is 12.2. The van der Waals surface area contributed by atoms with E-state index in [4.69, 9.17) is 15.4 Å². The molecular formula is C15H23N3O2. The van der Waals surface area contributed by atoms with Crippen LogP contribution in [0, 0.1) is 23.2 Å². The van der Waals surface area contributed by atoms with Crippen LogP contribution in [0.25, 0.3) is 0 Å². The fourth-order valence-electron chi connectivity index (χ4n) is 2.17. The van der Waals surface area contributed by atoms with Gasteiger partial charge in [-0.2, -0.15) is 5.26 Å². The van der Waals surface area contributed by atoms with E-state index < -0.39 is 0 Å². The molecule has 0 saturated heterocycles. The van der Waals surface area contributed by atoms with Gasteiger partial charge < -0.3 is 15.1 Å². The molecule has 0 bridgehead atoms. The Morgan fingerprint density at radius 2 is 2.30 bits per heavy atom. The van der Waals surface area contributed by atoms with E-state index in [1.807, 2.05) is 6.07 Å². The lowest BCUT2D eigenvalue weighted by Crippen LogP contribution is -2.39. The zero-order chi connectivity index (χ0) is 15.0. The van der Waals surface area contributed by atoms with Gasteiger partial charge in [-0.3, -0.25) is 4.79 Å². The number of hydrogen-bond donors (Lipinski definition) is 1. The third-order valence-electron chi connectivity index (χ3n) is 3.12. The molecule has 5 heteroatoms. The molecule has 1 unspecified atom stereocenters. The molecule has 0 aliphatic carbocycles. The molecule has 0 spiro atoms. The molecule has 0 fully saturated rings. The standard InChI is InChI=1S/C15H23N3O2/c1-12(2)9-13(10-17)15(19)18(7-4-6-16)11-14-5-3-8-20-14/h3,5,8,12-13H,4,7,9-11,17H2,1-2H3. The molecule has 1 aromatic heterocycles. The highest BCUT2D eigenvalue weighted by atomic mass is 16.3. The van der Waals surface area contributed by atoms with Crippen LogP contribution in [0.2, 0.25) is 0 Å². The Hall–Kier alpha value is -1.80. The molecule has 1 rings (SSSR count). The number of hydrogen-bond acceptors (Lipinski definition) is 4. The summed E-state index contributed by atoms with van der Waals surface area (Å²) in [6.45, 7) is 5.27. The lowest BCUT2D eigenvalue weighted by molar-refractivity contribution is -0.136. The van der Waals surface area contributed by atoms with Crippen LogP contribution in [0.5, 0.6) is 0 Å². The number of amides is 1. The van der Waals surface area contributed by atoms with E-state index >= 15 is 0 Å². The van der Waals surface area contributed by atoms with E-state index in [-0.39, 0.29) is 11.8 Å². The predicted octanol–water partition coefficient (Wildman–Crippen LogP) is 2.14. The van der Waals surface area contributed by atoms with Gasteiger partial charge in [0.25, 0.3) is 0 Å². The molecule has 2 N–H and O–H groups in total. The molecule has 5 nitrogen and oxygen atoms in total. The van der Waals surface area contributed by atoms with E-state index in [2.05, 4.69) is 19.9 Å². The highest BCUT2D eigenvalue weighted by Crippen LogP contribution is 2.16. The lowest BCUT2D eigenvalue weighted by atomic mass is 9.95. The highest BCUT2D eigenvalue weighted by molar-refractivity contribution is 5.79. The summed E-state index contributed by atoms with van der Waals surface area (Å²) in [5, 5.41) is 8.73. The molecule has 0 radical (unpaired) electrons. The van der Waals surface area contributed by atoms with Crippen LogP contribution in [0.4, 0.5) is 0 Å². The maximum absolute atomic E-state index is 12.5. The topological polar surface area (TPSA) is 83.3 Å². The van der Waals surface area contributed by atoms with Crippen molar-refractivity contribution in [3.8, 4) is 6.07 Å². The maximum atomic E-state index is 12.5. The highest BCUT2D eigenvalue weighted by Gasteiger charge is 2.24. The van der Waals surface area contributed by atoms with Gasteiger partial charge in [-0.05, 0) is 24.5 Å². The number of nitriles is 1. The molecule has 110 valence electrons. The maximum Gasteiger partial charge on any atom is 0.227 e. The molecule has 20 heavy (non-hydrogen) atoms. The number of nitrogens with zero attached hydrogens (tertiary/aromatic N) is 2. The largest absolute Gasteiger partial charge is 0.467 e. The Morgan fingerprint density at radius 1 is 1.55 bits per heavy atom. The van der Waals surface area contributed by atoms with Gasteiger partial charge in [-0.15, -0.1) is 0 Å². The van der Waals surface area contributed by atoms with Crippen molar-refractivity contribution in [2.45, 2.75) is 33.2 Å². The first-order valence-corrected chi connectivity index (χ1v) is 6.96. The fourth-order valence-corrected chi connectivity index (χ4v) is 2.17. The van der Waals surface area contributed by atoms with Gasteiger partial charge in [0.2, 0.25) is 5.91 Å². The van der Waals surface area contributed by atoms with Crippen molar-refractivity contribution in [1.82, 2.24) is 4.90 Å². The van der Waals surface area contributed by atoms with Crippen LogP contribution < -0.4 is 5.73 Å². The first kappa shape index (κ1) is 16.3. The van der Waals surface area contributed by atoms with Crippen LogP contribution in [-0.4, -0.2) is 23.9 Å². The number of rotatable bonds is 8. The number of nitrogens with two attached hydrogens (primary N) is 1. The van der Waals surface area contributed by atoms with Gasteiger partial charge in [-0.1, -0.05) is 13.8 Å². The number of furan rings is 1. The van der Waals surface area contributed by atoms with Crippen LogP contribution in [-0.2, 0) is 11.3 Å². The summed E-state index contributed by atoms with van der Waals surface area (Å²) in [6, 6.07) is 5.69. The lowest BCUT2D eigenvalue weighted by Gasteiger charge is -2.26. The zero-order valence-corrected chi connectivity index (χ0v) is 12.2. The Labute approximate surface area is 120 Å². The Kier molecular flexibility index (Phi) is 6.82. The molecule has 1 amide bonds. The predicted molar refractivity (Wildman–Crippen MR) is 76.4 cm³/mol. The van der Waals surface area contributed by atoms with Gasteiger partial charge >= 0.3 is 0 Å². The molecule has 0 aliphatic rings. The van der Waals surface area contributed by atoms with Crippen molar-refractivity contribution < 1.29 is 9.21 Å². The summed E-state index contributed by atoms with van der Waals surface area (Å²) >= 11 is 0. The minimum atomic E-state index is -0.191. The quantitative estimate of drug-likeness (QED) is 0.789. The van der Waals surface area contributed by atoms with Gasteiger partial charge in [0, 0.05) is 13.1 Å². The second-order valence-corrected chi connectivity index (χ2v) is 5.31. The van der Waals surface area contributed by atoms with Gasteiger partial charge in [-0.25, -0.2) is 0 Å². The van der Waals surface area contributed by atoms with Crippen LogP contribution >= 0.6 is 0 Å². The average Bonchev–Trinajstić information content (AvgIpc) is 2.92. The summed E-state index contributed by atoms with van der Waals surface area (Å²) in [6.07, 6.45) is 2.65. The summed E-state index contributed by atoms with van der Waals surface area (Å²) in [4.78, 5) is 14.2. The van der Waals surface area contributed by atoms with Crippen LogP contribution in [0.1, 0.15) is 32.4 Å². The smallest absolute Gasteiger partial charge is 0.227 e. The van der Waals surface area contributed by atoms with E-state index in [0.717, 1.165) is 12.2 Å². The van der Waals surface area contributed by atoms with Crippen molar-refractivity contribution in [1.29, 1.82) is 5.26 Å². The fraction of sp³-hybridized carbons (Fsp3) is 0.600.